The second-order valence-corrected chi connectivity index (χ2v) is 7.38. The maximum atomic E-state index is 5.24. The Morgan fingerprint density at radius 2 is 1.63 bits per heavy atom. The first-order valence-electron chi connectivity index (χ1n) is 10.3. The van der Waals surface area contributed by atoms with E-state index >= 15 is 0 Å². The van der Waals surface area contributed by atoms with Crippen LogP contribution in [0.1, 0.15) is 5.82 Å². The van der Waals surface area contributed by atoms with E-state index in [0.717, 1.165) is 0 Å². The summed E-state index contributed by atoms with van der Waals surface area (Å²) in [6, 6.07) is 1.69. The lowest BCUT2D eigenvalue weighted by Gasteiger charge is -1.97. The summed E-state index contributed by atoms with van der Waals surface area (Å²) in [4.78, 5) is 27.3. The Hall–Kier alpha value is -5.53. The van der Waals surface area contributed by atoms with Crippen molar-refractivity contribution in [3.05, 3.63) is 61.6 Å². The van der Waals surface area contributed by atoms with E-state index in [9.17, 15) is 0 Å². The maximum absolute atomic E-state index is 5.24. The predicted octanol–water partition coefficient (Wildman–Crippen LogP) is 2.31. The van der Waals surface area contributed by atoms with Gasteiger partial charge in [-0.15, -0.1) is 0 Å². The van der Waals surface area contributed by atoms with Crippen molar-refractivity contribution in [2.45, 2.75) is 0 Å². The molecule has 0 aliphatic carbocycles. The van der Waals surface area contributed by atoms with Gasteiger partial charge in [0.25, 0.3) is 0 Å². The van der Waals surface area contributed by atoms with Crippen molar-refractivity contribution in [1.29, 1.82) is 0 Å². The summed E-state index contributed by atoms with van der Waals surface area (Å²) < 4.78 is 15.6. The zero-order valence-corrected chi connectivity index (χ0v) is 17.6. The molecule has 0 spiro atoms. The van der Waals surface area contributed by atoms with Crippen LogP contribution in [0.2, 0.25) is 0 Å². The van der Waals surface area contributed by atoms with E-state index in [4.69, 9.17) is 13.6 Å². The predicted molar refractivity (Wildman–Crippen MR) is 119 cm³/mol. The van der Waals surface area contributed by atoms with Crippen molar-refractivity contribution < 1.29 is 13.6 Å². The highest BCUT2D eigenvalue weighted by Gasteiger charge is 2.24. The van der Waals surface area contributed by atoms with E-state index in [2.05, 4.69) is 55.7 Å². The third kappa shape index (κ3) is 3.16. The third-order valence-corrected chi connectivity index (χ3v) is 5.30. The van der Waals surface area contributed by atoms with Crippen molar-refractivity contribution in [3.8, 4) is 57.0 Å². The summed E-state index contributed by atoms with van der Waals surface area (Å²) in [6.45, 7) is 0. The van der Waals surface area contributed by atoms with Gasteiger partial charge in [-0.2, -0.15) is 0 Å². The number of nitrogens with zero attached hydrogens (tertiary/aromatic N) is 7. The first kappa shape index (κ1) is 19.0. The Bertz CT molecular complexity index is 1690. The first-order valence-corrected chi connectivity index (χ1v) is 10.3. The molecule has 1 aliphatic heterocycles. The lowest BCUT2D eigenvalue weighted by atomic mass is 10.1. The first-order chi connectivity index (χ1) is 17.3. The Morgan fingerprint density at radius 3 is 2.40 bits per heavy atom. The highest BCUT2D eigenvalue weighted by atomic mass is 16.5. The highest BCUT2D eigenvalue weighted by Crippen LogP contribution is 2.36. The Labute approximate surface area is 194 Å². The second kappa shape index (κ2) is 7.51. The van der Waals surface area contributed by atoms with Gasteiger partial charge in [0.15, 0.2) is 35.0 Å². The maximum Gasteiger partial charge on any atom is 0.364 e. The van der Waals surface area contributed by atoms with Gasteiger partial charge in [0.2, 0.25) is 5.82 Å². The average molecular weight is 467 g/mol. The molecule has 1 radical (unpaired) electrons. The van der Waals surface area contributed by atoms with Crippen molar-refractivity contribution in [2.24, 2.45) is 0 Å². The standard InChI is InChI=1S/C21H13N11O3/c1-2-27-35-15(1)16-10(8-33-31-16)11-9-34-32-17(11)19-25-7-14(30-19)18-24-5-12(28-18)13-6-26-21(29-13)20-22-3-4-23-20/h1-9,22H,(H,24,28)(H,25,30)(H,26,29)/q+1. The van der Waals surface area contributed by atoms with Crippen LogP contribution in [0, 0.1) is 0 Å². The number of hydrogen-bond donors (Lipinski definition) is 4. The van der Waals surface area contributed by atoms with E-state index in [-0.39, 0.29) is 0 Å². The molecule has 35 heavy (non-hydrogen) atoms. The monoisotopic (exact) mass is 467 g/mol. The van der Waals surface area contributed by atoms with Crippen LogP contribution in [0.5, 0.6) is 0 Å². The molecule has 0 atom stereocenters. The normalized spacial score (nSPS) is 12.9. The molecular formula is C21H13N11O3+. The Kier molecular flexibility index (Phi) is 4.08. The van der Waals surface area contributed by atoms with Crippen LogP contribution >= 0.6 is 0 Å². The fourth-order valence-electron chi connectivity index (χ4n) is 3.66. The van der Waals surface area contributed by atoms with Crippen molar-refractivity contribution >= 4 is 5.84 Å². The number of hydrogen-bond acceptors (Lipinski definition) is 11. The number of nitrogens with one attached hydrogen (secondary N) is 4. The molecule has 0 aromatic carbocycles. The minimum Gasteiger partial charge on any atom is -0.363 e. The molecule has 14 nitrogen and oxygen atoms in total. The van der Waals surface area contributed by atoms with E-state index in [1.807, 2.05) is 0 Å². The molecule has 6 aromatic heterocycles. The summed E-state index contributed by atoms with van der Waals surface area (Å²) in [5.41, 5.74) is 4.19. The summed E-state index contributed by atoms with van der Waals surface area (Å²) in [6.07, 6.45) is 13.1. The van der Waals surface area contributed by atoms with E-state index in [0.29, 0.717) is 68.7 Å². The van der Waals surface area contributed by atoms with Gasteiger partial charge in [-0.3, -0.25) is 0 Å². The second-order valence-electron chi connectivity index (χ2n) is 7.38. The van der Waals surface area contributed by atoms with Gasteiger partial charge in [0.1, 0.15) is 35.8 Å². The SMILES string of the molecule is C1=CNC(c2nc(-c3c[nH]c(-c4cnc(-c5nocc5-c5conc5-c5ccno5)[nH]4)n3)c[nH]2)=[N+]1. The quantitative estimate of drug-likeness (QED) is 0.283. The van der Waals surface area contributed by atoms with Crippen molar-refractivity contribution in [2.75, 3.05) is 0 Å². The molecule has 14 heteroatoms. The van der Waals surface area contributed by atoms with Gasteiger partial charge < -0.3 is 28.5 Å². The van der Waals surface area contributed by atoms with Crippen LogP contribution in [0.25, 0.3) is 57.0 Å². The lowest BCUT2D eigenvalue weighted by molar-refractivity contribution is 0.406. The number of imidazole rings is 3. The number of aliphatic imine (C=N–C) groups is 1. The molecule has 1 aliphatic rings. The largest absolute Gasteiger partial charge is 0.364 e. The van der Waals surface area contributed by atoms with E-state index < -0.39 is 0 Å². The van der Waals surface area contributed by atoms with Crippen molar-refractivity contribution in [3.63, 3.8) is 0 Å². The van der Waals surface area contributed by atoms with Crippen LogP contribution in [0.4, 0.5) is 0 Å². The van der Waals surface area contributed by atoms with Crippen LogP contribution in [-0.4, -0.2) is 51.2 Å². The number of amidine groups is 1. The Balaban J connectivity index is 1.18. The molecule has 7 rings (SSSR count). The summed E-state index contributed by atoms with van der Waals surface area (Å²) in [5.74, 6) is 2.78. The van der Waals surface area contributed by atoms with Crippen LogP contribution in [0.3, 0.4) is 0 Å². The van der Waals surface area contributed by atoms with E-state index in [1.54, 1.807) is 37.1 Å². The number of rotatable bonds is 6. The van der Waals surface area contributed by atoms with Crippen LogP contribution in [-0.2, 0) is 0 Å². The number of aromatic nitrogens is 9. The zero-order chi connectivity index (χ0) is 23.2. The minimum atomic E-state index is 0.456. The number of H-pyrrole nitrogens is 3. The summed E-state index contributed by atoms with van der Waals surface area (Å²) >= 11 is 0. The molecule has 0 unspecified atom stereocenters. The Morgan fingerprint density at radius 1 is 0.857 bits per heavy atom. The highest BCUT2D eigenvalue weighted by molar-refractivity contribution is 5.97. The van der Waals surface area contributed by atoms with Gasteiger partial charge >= 0.3 is 5.84 Å². The summed E-state index contributed by atoms with van der Waals surface area (Å²) in [7, 11) is 0. The third-order valence-electron chi connectivity index (χ3n) is 5.30. The van der Waals surface area contributed by atoms with Crippen LogP contribution < -0.4 is 10.3 Å². The average Bonchev–Trinajstić information content (AvgIpc) is 3.72. The van der Waals surface area contributed by atoms with Gasteiger partial charge in [0.05, 0.1) is 23.5 Å². The minimum absolute atomic E-state index is 0.456. The summed E-state index contributed by atoms with van der Waals surface area (Å²) in [5, 5.41) is 14.9. The smallest absolute Gasteiger partial charge is 0.363 e. The fourth-order valence-corrected chi connectivity index (χ4v) is 3.66. The molecule has 0 fully saturated rings. The molecule has 0 saturated carbocycles. The topological polar surface area (TPSA) is 190 Å². The molecule has 0 saturated heterocycles. The van der Waals surface area contributed by atoms with Crippen molar-refractivity contribution in [1.82, 2.24) is 55.7 Å². The van der Waals surface area contributed by atoms with Gasteiger partial charge in [-0.05, 0) is 4.99 Å². The lowest BCUT2D eigenvalue weighted by Crippen LogP contribution is -2.19. The van der Waals surface area contributed by atoms with Gasteiger partial charge in [-0.1, -0.05) is 15.5 Å². The molecule has 169 valence electrons. The molecular weight excluding hydrogens is 454 g/mol. The molecule has 0 bridgehead atoms. The fraction of sp³-hybridized carbons (Fsp3) is 0. The van der Waals surface area contributed by atoms with Gasteiger partial charge in [-0.25, -0.2) is 20.3 Å². The number of aromatic amines is 3. The van der Waals surface area contributed by atoms with E-state index in [1.165, 1.54) is 18.7 Å². The molecule has 7 heterocycles. The van der Waals surface area contributed by atoms with Gasteiger partial charge in [0, 0.05) is 18.5 Å². The molecule has 0 amide bonds. The zero-order valence-electron chi connectivity index (χ0n) is 17.6. The van der Waals surface area contributed by atoms with Crippen LogP contribution in [0.15, 0.2) is 69.3 Å². The molecule has 4 N–H and O–H groups in total. The molecule has 6 aromatic rings.